The van der Waals surface area contributed by atoms with Crippen LogP contribution in [0.15, 0.2) is 83.9 Å². The lowest BCUT2D eigenvalue weighted by Gasteiger charge is -2.19. The number of amidine groups is 1. The molecule has 0 aromatic heterocycles. The Balaban J connectivity index is 0.00000225. The third-order valence-corrected chi connectivity index (χ3v) is 6.08. The number of halogens is 3. The van der Waals surface area contributed by atoms with E-state index in [-0.39, 0.29) is 24.5 Å². The predicted molar refractivity (Wildman–Crippen MR) is 124 cm³/mol. The minimum absolute atomic E-state index is 0. The van der Waals surface area contributed by atoms with Crippen molar-refractivity contribution < 1.29 is 0 Å². The van der Waals surface area contributed by atoms with Crippen LogP contribution in [-0.2, 0) is 5.75 Å². The molecule has 3 aromatic rings. The van der Waals surface area contributed by atoms with Crippen molar-refractivity contribution in [1.29, 1.82) is 0 Å². The van der Waals surface area contributed by atoms with Gasteiger partial charge < -0.3 is 5.32 Å². The number of hydrogen-bond donors (Lipinski definition) is 1. The van der Waals surface area contributed by atoms with Gasteiger partial charge in [0.1, 0.15) is 6.04 Å². The molecule has 0 aliphatic carbocycles. The van der Waals surface area contributed by atoms with Crippen LogP contribution in [0, 0.1) is 0 Å². The van der Waals surface area contributed by atoms with Gasteiger partial charge in [-0.25, -0.2) is 0 Å². The summed E-state index contributed by atoms with van der Waals surface area (Å²) in [7, 11) is 0. The maximum absolute atomic E-state index is 6.30. The molecule has 6 heteroatoms. The second kappa shape index (κ2) is 9.71. The Morgan fingerprint density at radius 2 is 1.50 bits per heavy atom. The van der Waals surface area contributed by atoms with Crippen LogP contribution in [0.5, 0.6) is 0 Å². The Hall–Kier alpha value is -1.65. The first-order valence-corrected chi connectivity index (χ1v) is 10.5. The number of thioether (sulfide) groups is 1. The van der Waals surface area contributed by atoms with E-state index in [1.165, 1.54) is 11.1 Å². The highest BCUT2D eigenvalue weighted by molar-refractivity contribution is 8.13. The molecule has 0 amide bonds. The van der Waals surface area contributed by atoms with Crippen molar-refractivity contribution in [3.63, 3.8) is 0 Å². The number of nitrogens with zero attached hydrogens (tertiary/aromatic N) is 1. The minimum Gasteiger partial charge on any atom is -0.356 e. The van der Waals surface area contributed by atoms with Crippen molar-refractivity contribution in [1.82, 2.24) is 5.32 Å². The van der Waals surface area contributed by atoms with E-state index >= 15 is 0 Å². The molecule has 4 rings (SSSR count). The fourth-order valence-electron chi connectivity index (χ4n) is 3.17. The van der Waals surface area contributed by atoms with Crippen molar-refractivity contribution in [3.8, 4) is 0 Å². The molecule has 1 aliphatic heterocycles. The minimum atomic E-state index is 0. The Morgan fingerprint density at radius 1 is 0.857 bits per heavy atom. The summed E-state index contributed by atoms with van der Waals surface area (Å²) in [5.74, 6) is 0.717. The first-order chi connectivity index (χ1) is 13.2. The monoisotopic (exact) mass is 448 g/mol. The van der Waals surface area contributed by atoms with Gasteiger partial charge in [0.05, 0.1) is 6.04 Å². The molecule has 2 nitrogen and oxygen atoms in total. The highest BCUT2D eigenvalue weighted by atomic mass is 35.5. The molecule has 144 valence electrons. The van der Waals surface area contributed by atoms with Gasteiger partial charge >= 0.3 is 0 Å². The van der Waals surface area contributed by atoms with E-state index < -0.39 is 0 Å². The van der Waals surface area contributed by atoms with Gasteiger partial charge in [-0.1, -0.05) is 95.6 Å². The number of benzene rings is 3. The van der Waals surface area contributed by atoms with E-state index in [1.807, 2.05) is 24.3 Å². The second-order valence-corrected chi connectivity index (χ2v) is 8.15. The normalized spacial score (nSPS) is 18.1. The summed E-state index contributed by atoms with van der Waals surface area (Å²) in [6, 6.07) is 26.6. The average Bonchev–Trinajstić information content (AvgIpc) is 3.14. The zero-order valence-electron chi connectivity index (χ0n) is 14.9. The van der Waals surface area contributed by atoms with E-state index in [9.17, 15) is 0 Å². The van der Waals surface area contributed by atoms with E-state index in [2.05, 4.69) is 53.8 Å². The van der Waals surface area contributed by atoms with Gasteiger partial charge in [-0.3, -0.25) is 4.99 Å². The predicted octanol–water partition coefficient (Wildman–Crippen LogP) is 7.09. The van der Waals surface area contributed by atoms with Crippen molar-refractivity contribution in [2.75, 3.05) is 0 Å². The van der Waals surface area contributed by atoms with Crippen LogP contribution in [0.25, 0.3) is 0 Å². The van der Waals surface area contributed by atoms with Crippen LogP contribution in [0.3, 0.4) is 0 Å². The fraction of sp³-hybridized carbons (Fsp3) is 0.136. The zero-order valence-corrected chi connectivity index (χ0v) is 18.0. The van der Waals surface area contributed by atoms with Crippen molar-refractivity contribution in [3.05, 3.63) is 106 Å². The molecule has 0 radical (unpaired) electrons. The summed E-state index contributed by atoms with van der Waals surface area (Å²) in [5, 5.41) is 5.94. The Kier molecular flexibility index (Phi) is 7.30. The highest BCUT2D eigenvalue weighted by Gasteiger charge is 2.31. The summed E-state index contributed by atoms with van der Waals surface area (Å²) in [4.78, 5) is 4.98. The van der Waals surface area contributed by atoms with Crippen molar-refractivity contribution in [2.45, 2.75) is 17.8 Å². The highest BCUT2D eigenvalue weighted by Crippen LogP contribution is 2.38. The number of nitrogens with one attached hydrogen (secondary N) is 1. The van der Waals surface area contributed by atoms with Crippen LogP contribution in [0.2, 0.25) is 10.0 Å². The maximum Gasteiger partial charge on any atom is 0.158 e. The summed E-state index contributed by atoms with van der Waals surface area (Å²) >= 11 is 14.1. The largest absolute Gasteiger partial charge is 0.356 e. The van der Waals surface area contributed by atoms with Gasteiger partial charge in [0.15, 0.2) is 5.17 Å². The lowest BCUT2D eigenvalue weighted by Crippen LogP contribution is -2.22. The molecule has 0 spiro atoms. The standard InChI is InChI=1S/C22H18Cl2N2S.ClH/c23-18-11-12-19(24)17(13-18)14-27-22-25-20(15-7-3-1-4-8-15)21(26-22)16-9-5-2-6-10-16;/h1-13,20-21H,14H2,(H,25,26);1H/t20-,21+;. The Morgan fingerprint density at radius 3 is 2.18 bits per heavy atom. The molecule has 0 saturated heterocycles. The molecule has 0 saturated carbocycles. The second-order valence-electron chi connectivity index (χ2n) is 6.35. The van der Waals surface area contributed by atoms with Crippen LogP contribution in [-0.4, -0.2) is 5.17 Å². The van der Waals surface area contributed by atoms with Crippen molar-refractivity contribution >= 4 is 52.5 Å². The summed E-state index contributed by atoms with van der Waals surface area (Å²) in [6.07, 6.45) is 0. The number of rotatable bonds is 4. The topological polar surface area (TPSA) is 24.4 Å². The first kappa shape index (κ1) is 21.1. The van der Waals surface area contributed by atoms with Crippen LogP contribution in [0.4, 0.5) is 0 Å². The van der Waals surface area contributed by atoms with Gasteiger partial charge in [0, 0.05) is 15.8 Å². The van der Waals surface area contributed by atoms with Crippen molar-refractivity contribution in [2.24, 2.45) is 4.99 Å². The molecule has 28 heavy (non-hydrogen) atoms. The average molecular weight is 450 g/mol. The van der Waals surface area contributed by atoms with E-state index in [1.54, 1.807) is 17.8 Å². The molecule has 0 fully saturated rings. The molecular weight excluding hydrogens is 431 g/mol. The number of hydrogen-bond acceptors (Lipinski definition) is 3. The fourth-order valence-corrected chi connectivity index (χ4v) is 4.56. The van der Waals surface area contributed by atoms with Crippen LogP contribution < -0.4 is 5.32 Å². The first-order valence-electron chi connectivity index (χ1n) is 8.71. The Labute approximate surface area is 185 Å². The van der Waals surface area contributed by atoms with E-state index in [0.717, 1.165) is 15.8 Å². The lowest BCUT2D eigenvalue weighted by molar-refractivity contribution is 0.573. The zero-order chi connectivity index (χ0) is 18.6. The molecule has 0 unspecified atom stereocenters. The maximum atomic E-state index is 6.30. The van der Waals surface area contributed by atoms with Crippen LogP contribution in [0.1, 0.15) is 28.8 Å². The molecule has 0 bridgehead atoms. The van der Waals surface area contributed by atoms with Gasteiger partial charge in [-0.15, -0.1) is 12.4 Å². The molecular formula is C22H19Cl3N2S. The van der Waals surface area contributed by atoms with Gasteiger partial charge in [-0.2, -0.15) is 0 Å². The summed E-state index contributed by atoms with van der Waals surface area (Å²) in [6.45, 7) is 0. The summed E-state index contributed by atoms with van der Waals surface area (Å²) in [5.41, 5.74) is 3.44. The third kappa shape index (κ3) is 4.84. The molecule has 2 atom stereocenters. The van der Waals surface area contributed by atoms with Gasteiger partial charge in [0.25, 0.3) is 0 Å². The van der Waals surface area contributed by atoms with E-state index in [0.29, 0.717) is 10.8 Å². The van der Waals surface area contributed by atoms with E-state index in [4.69, 9.17) is 28.2 Å². The lowest BCUT2D eigenvalue weighted by atomic mass is 9.95. The van der Waals surface area contributed by atoms with Gasteiger partial charge in [-0.05, 0) is 34.9 Å². The molecule has 1 aliphatic rings. The molecule has 1 N–H and O–H groups in total. The summed E-state index contributed by atoms with van der Waals surface area (Å²) < 4.78 is 0. The van der Waals surface area contributed by atoms with Gasteiger partial charge in [0.2, 0.25) is 0 Å². The smallest absolute Gasteiger partial charge is 0.158 e. The quantitative estimate of drug-likeness (QED) is 0.460. The Bertz CT molecular complexity index is 949. The number of aliphatic imine (C=N–C) groups is 1. The molecule has 3 aromatic carbocycles. The SMILES string of the molecule is Cl.Clc1ccc(Cl)c(CSC2=N[C@H](c3ccccc3)[C@H](c3ccccc3)N2)c1. The third-order valence-electron chi connectivity index (χ3n) is 4.52. The van der Waals surface area contributed by atoms with Crippen LogP contribution >= 0.6 is 47.4 Å². The molecule has 1 heterocycles.